The first-order chi connectivity index (χ1) is 12.6. The number of aromatic nitrogens is 1. The Hall–Kier alpha value is -3.38. The number of hydrogen-bond acceptors (Lipinski definition) is 5. The number of nitrogens with zero attached hydrogens (tertiary/aromatic N) is 1. The third kappa shape index (κ3) is 2.98. The molecule has 3 aromatic carbocycles. The Balaban J connectivity index is 1.79. The quantitative estimate of drug-likeness (QED) is 0.496. The smallest absolute Gasteiger partial charge is 0.261 e. The van der Waals surface area contributed by atoms with Crippen LogP contribution >= 0.6 is 11.3 Å². The highest BCUT2D eigenvalue weighted by molar-refractivity contribution is 7.13. The largest absolute Gasteiger partial charge is 0.508 e. The van der Waals surface area contributed by atoms with E-state index in [9.17, 15) is 15.0 Å². The molecule has 0 saturated heterocycles. The Kier molecular flexibility index (Phi) is 4.02. The number of aromatic hydroxyl groups is 2. The average molecular weight is 362 g/mol. The van der Waals surface area contributed by atoms with Crippen molar-refractivity contribution >= 4 is 33.1 Å². The van der Waals surface area contributed by atoms with E-state index in [2.05, 4.69) is 10.3 Å². The molecule has 1 amide bonds. The third-order valence-corrected chi connectivity index (χ3v) is 4.75. The molecule has 4 aromatic rings. The SMILES string of the molecule is O=C(Nc1nccs1)c1c(O)ccc2cc(-c3cccc(O)c3)ccc12. The van der Waals surface area contributed by atoms with E-state index in [-0.39, 0.29) is 17.1 Å². The van der Waals surface area contributed by atoms with Gasteiger partial charge in [0.25, 0.3) is 5.91 Å². The molecule has 3 N–H and O–H groups in total. The lowest BCUT2D eigenvalue weighted by molar-refractivity contribution is 0.102. The molecule has 0 unspecified atom stereocenters. The molecule has 6 heteroatoms. The molecular weight excluding hydrogens is 348 g/mol. The molecule has 1 aromatic heterocycles. The second-order valence-electron chi connectivity index (χ2n) is 5.74. The molecule has 4 rings (SSSR count). The molecule has 128 valence electrons. The molecule has 26 heavy (non-hydrogen) atoms. The maximum Gasteiger partial charge on any atom is 0.261 e. The van der Waals surface area contributed by atoms with Crippen LogP contribution < -0.4 is 5.32 Å². The number of thiazole rings is 1. The van der Waals surface area contributed by atoms with Crippen LogP contribution in [0.2, 0.25) is 0 Å². The highest BCUT2D eigenvalue weighted by atomic mass is 32.1. The zero-order valence-corrected chi connectivity index (χ0v) is 14.3. The van der Waals surface area contributed by atoms with Crippen molar-refractivity contribution in [2.45, 2.75) is 0 Å². The van der Waals surface area contributed by atoms with Gasteiger partial charge in [-0.15, -0.1) is 11.3 Å². The maximum absolute atomic E-state index is 12.6. The van der Waals surface area contributed by atoms with E-state index >= 15 is 0 Å². The van der Waals surface area contributed by atoms with Crippen LogP contribution in [0.4, 0.5) is 5.13 Å². The first kappa shape index (κ1) is 16.1. The van der Waals surface area contributed by atoms with E-state index in [1.165, 1.54) is 17.4 Å². The first-order valence-electron chi connectivity index (χ1n) is 7.88. The monoisotopic (exact) mass is 362 g/mol. The number of phenolic OH excluding ortho intramolecular Hbond substituents is 2. The highest BCUT2D eigenvalue weighted by Gasteiger charge is 2.17. The van der Waals surface area contributed by atoms with Gasteiger partial charge in [-0.25, -0.2) is 4.98 Å². The predicted molar refractivity (Wildman–Crippen MR) is 103 cm³/mol. The van der Waals surface area contributed by atoms with E-state index in [1.807, 2.05) is 18.2 Å². The minimum absolute atomic E-state index is 0.0864. The van der Waals surface area contributed by atoms with E-state index in [0.29, 0.717) is 10.5 Å². The summed E-state index contributed by atoms with van der Waals surface area (Å²) in [6.07, 6.45) is 1.60. The first-order valence-corrected chi connectivity index (χ1v) is 8.76. The summed E-state index contributed by atoms with van der Waals surface area (Å²) in [4.78, 5) is 16.6. The van der Waals surface area contributed by atoms with Gasteiger partial charge in [-0.1, -0.05) is 30.3 Å². The van der Waals surface area contributed by atoms with Crippen LogP contribution in [0.25, 0.3) is 21.9 Å². The summed E-state index contributed by atoms with van der Waals surface area (Å²) in [5.74, 6) is -0.304. The van der Waals surface area contributed by atoms with Crippen LogP contribution in [-0.2, 0) is 0 Å². The normalized spacial score (nSPS) is 10.8. The lowest BCUT2D eigenvalue weighted by atomic mass is 9.97. The fourth-order valence-corrected chi connectivity index (χ4v) is 3.39. The van der Waals surface area contributed by atoms with Gasteiger partial charge in [0.1, 0.15) is 11.5 Å². The zero-order valence-electron chi connectivity index (χ0n) is 13.5. The van der Waals surface area contributed by atoms with Gasteiger partial charge in [0.15, 0.2) is 5.13 Å². The molecule has 5 nitrogen and oxygen atoms in total. The standard InChI is InChI=1S/C20H14N2O3S/c23-15-3-1-2-12(11-15)13-4-6-16-14(10-13)5-7-17(24)18(16)19(25)22-20-21-8-9-26-20/h1-11,23-24H,(H,21,22,25). The van der Waals surface area contributed by atoms with E-state index in [4.69, 9.17) is 0 Å². The number of carbonyl (C=O) groups is 1. The summed E-state index contributed by atoms with van der Waals surface area (Å²) in [6.45, 7) is 0. The van der Waals surface area contributed by atoms with Crippen molar-refractivity contribution in [2.75, 3.05) is 5.32 Å². The average Bonchev–Trinajstić information content (AvgIpc) is 3.14. The number of amides is 1. The number of anilines is 1. The van der Waals surface area contributed by atoms with E-state index in [0.717, 1.165) is 16.5 Å². The van der Waals surface area contributed by atoms with Crippen molar-refractivity contribution in [1.29, 1.82) is 0 Å². The number of phenols is 2. The Labute approximate surface area is 153 Å². The Morgan fingerprint density at radius 1 is 1.00 bits per heavy atom. The highest BCUT2D eigenvalue weighted by Crippen LogP contribution is 2.32. The molecule has 0 radical (unpaired) electrons. The van der Waals surface area contributed by atoms with Crippen LogP contribution in [-0.4, -0.2) is 21.1 Å². The van der Waals surface area contributed by atoms with Gasteiger partial charge in [-0.3, -0.25) is 10.1 Å². The topological polar surface area (TPSA) is 82.5 Å². The van der Waals surface area contributed by atoms with Crippen LogP contribution in [0.15, 0.2) is 66.2 Å². The van der Waals surface area contributed by atoms with Crippen LogP contribution in [0.5, 0.6) is 11.5 Å². The van der Waals surface area contributed by atoms with Gasteiger partial charge >= 0.3 is 0 Å². The Bertz CT molecular complexity index is 1110. The molecule has 0 aliphatic heterocycles. The Morgan fingerprint density at radius 2 is 1.85 bits per heavy atom. The summed E-state index contributed by atoms with van der Waals surface area (Å²) in [6, 6.07) is 15.8. The predicted octanol–water partition coefficient (Wildman–Crippen LogP) is 4.63. The van der Waals surface area contributed by atoms with Crippen molar-refractivity contribution in [3.8, 4) is 22.6 Å². The van der Waals surface area contributed by atoms with Gasteiger partial charge < -0.3 is 10.2 Å². The van der Waals surface area contributed by atoms with Crippen LogP contribution in [0, 0.1) is 0 Å². The number of rotatable bonds is 3. The Morgan fingerprint density at radius 3 is 2.62 bits per heavy atom. The van der Waals surface area contributed by atoms with Crippen molar-refractivity contribution in [2.24, 2.45) is 0 Å². The molecule has 0 saturated carbocycles. The summed E-state index contributed by atoms with van der Waals surface area (Å²) in [5, 5.41) is 26.3. The summed E-state index contributed by atoms with van der Waals surface area (Å²) in [7, 11) is 0. The molecule has 0 fully saturated rings. The van der Waals surface area contributed by atoms with Gasteiger partial charge in [0.05, 0.1) is 5.56 Å². The van der Waals surface area contributed by atoms with E-state index in [1.54, 1.807) is 41.9 Å². The second-order valence-corrected chi connectivity index (χ2v) is 6.63. The lowest BCUT2D eigenvalue weighted by Crippen LogP contribution is -2.12. The molecule has 0 aliphatic carbocycles. The van der Waals surface area contributed by atoms with Crippen LogP contribution in [0.1, 0.15) is 10.4 Å². The van der Waals surface area contributed by atoms with Crippen molar-refractivity contribution in [1.82, 2.24) is 4.98 Å². The molecular formula is C20H14N2O3S. The van der Waals surface area contributed by atoms with Crippen molar-refractivity contribution in [3.63, 3.8) is 0 Å². The van der Waals surface area contributed by atoms with Gasteiger partial charge in [0, 0.05) is 11.6 Å². The number of carbonyl (C=O) groups excluding carboxylic acids is 1. The van der Waals surface area contributed by atoms with Crippen molar-refractivity contribution in [3.05, 3.63) is 71.7 Å². The van der Waals surface area contributed by atoms with Gasteiger partial charge in [0.2, 0.25) is 0 Å². The van der Waals surface area contributed by atoms with Crippen molar-refractivity contribution < 1.29 is 15.0 Å². The summed E-state index contributed by atoms with van der Waals surface area (Å²) >= 11 is 1.31. The summed E-state index contributed by atoms with van der Waals surface area (Å²) in [5.41, 5.74) is 1.99. The zero-order chi connectivity index (χ0) is 18.1. The summed E-state index contributed by atoms with van der Waals surface area (Å²) < 4.78 is 0. The van der Waals surface area contributed by atoms with Crippen LogP contribution in [0.3, 0.4) is 0 Å². The minimum Gasteiger partial charge on any atom is -0.508 e. The van der Waals surface area contributed by atoms with Gasteiger partial charge in [-0.2, -0.15) is 0 Å². The lowest BCUT2D eigenvalue weighted by Gasteiger charge is -2.10. The fraction of sp³-hybridized carbons (Fsp3) is 0. The number of hydrogen-bond donors (Lipinski definition) is 3. The molecule has 0 aliphatic rings. The molecule has 0 atom stereocenters. The molecule has 1 heterocycles. The molecule has 0 spiro atoms. The minimum atomic E-state index is -0.409. The maximum atomic E-state index is 12.6. The van der Waals surface area contributed by atoms with Gasteiger partial charge in [-0.05, 0) is 46.2 Å². The fourth-order valence-electron chi connectivity index (χ4n) is 2.87. The molecule has 0 bridgehead atoms. The number of nitrogens with one attached hydrogen (secondary N) is 1. The van der Waals surface area contributed by atoms with E-state index < -0.39 is 5.91 Å². The number of benzene rings is 3. The number of fused-ring (bicyclic) bond motifs is 1. The third-order valence-electron chi connectivity index (χ3n) is 4.06. The second kappa shape index (κ2) is 6.50.